The number of carboxylic acid groups (broad SMARTS) is 1. The number of anilines is 2. The van der Waals surface area contributed by atoms with Gasteiger partial charge in [-0.05, 0) is 71.3 Å². The van der Waals surface area contributed by atoms with Gasteiger partial charge in [-0.15, -0.1) is 0 Å². The Labute approximate surface area is 189 Å². The fraction of sp³-hybridized carbons (Fsp3) is 0.138. The third-order valence-electron chi connectivity index (χ3n) is 5.74. The lowest BCUT2D eigenvalue weighted by Gasteiger charge is -2.10. The van der Waals surface area contributed by atoms with Crippen LogP contribution in [-0.2, 0) is 19.3 Å². The number of carbonyl (C=O) groups is 1. The first-order valence-electron chi connectivity index (χ1n) is 11.0. The van der Waals surface area contributed by atoms with Crippen molar-refractivity contribution in [1.29, 1.82) is 0 Å². The molecule has 4 rings (SSSR count). The maximum absolute atomic E-state index is 11.4. The Balaban J connectivity index is 1.35. The van der Waals surface area contributed by atoms with Crippen LogP contribution in [0.2, 0.25) is 0 Å². The van der Waals surface area contributed by atoms with Gasteiger partial charge in [-0.1, -0.05) is 79.7 Å². The normalized spacial score (nSPS) is 10.7. The molecule has 0 heterocycles. The Bertz CT molecular complexity index is 1180. The summed E-state index contributed by atoms with van der Waals surface area (Å²) in [7, 11) is 0. The lowest BCUT2D eigenvalue weighted by atomic mass is 9.99. The van der Waals surface area contributed by atoms with Crippen LogP contribution in [0, 0.1) is 0 Å². The third-order valence-corrected chi connectivity index (χ3v) is 5.74. The molecule has 0 aliphatic heterocycles. The van der Waals surface area contributed by atoms with Crippen LogP contribution in [0.1, 0.15) is 34.0 Å². The number of para-hydroxylation sites is 1. The Morgan fingerprint density at radius 2 is 1.19 bits per heavy atom. The van der Waals surface area contributed by atoms with Crippen LogP contribution in [0.4, 0.5) is 11.4 Å². The smallest absolute Gasteiger partial charge is 0.337 e. The van der Waals surface area contributed by atoms with Crippen LogP contribution in [0.5, 0.6) is 0 Å². The van der Waals surface area contributed by atoms with E-state index in [0.717, 1.165) is 24.9 Å². The van der Waals surface area contributed by atoms with Crippen molar-refractivity contribution >= 4 is 17.3 Å². The van der Waals surface area contributed by atoms with E-state index in [2.05, 4.69) is 72.9 Å². The topological polar surface area (TPSA) is 49.3 Å². The highest BCUT2D eigenvalue weighted by atomic mass is 16.4. The molecule has 3 nitrogen and oxygen atoms in total. The maximum Gasteiger partial charge on any atom is 0.337 e. The SMILES string of the molecule is CCc1ccc(-c2ccc(CCc3ccc(Nc4ccccc4C(=O)O)cc3)cc2)cc1. The van der Waals surface area contributed by atoms with Crippen molar-refractivity contribution in [3.63, 3.8) is 0 Å². The largest absolute Gasteiger partial charge is 0.478 e. The molecule has 3 heteroatoms. The predicted molar refractivity (Wildman–Crippen MR) is 132 cm³/mol. The zero-order valence-electron chi connectivity index (χ0n) is 18.2. The quantitative estimate of drug-likeness (QED) is 0.318. The number of benzene rings is 4. The number of aryl methyl sites for hydroxylation is 3. The van der Waals surface area contributed by atoms with Crippen LogP contribution in [0.15, 0.2) is 97.1 Å². The van der Waals surface area contributed by atoms with Gasteiger partial charge < -0.3 is 10.4 Å². The van der Waals surface area contributed by atoms with Gasteiger partial charge in [0.1, 0.15) is 0 Å². The van der Waals surface area contributed by atoms with E-state index < -0.39 is 5.97 Å². The molecule has 0 bridgehead atoms. The molecule has 0 aromatic heterocycles. The van der Waals surface area contributed by atoms with Gasteiger partial charge in [-0.3, -0.25) is 0 Å². The summed E-state index contributed by atoms with van der Waals surface area (Å²) in [5, 5.41) is 12.5. The second kappa shape index (κ2) is 9.97. The summed E-state index contributed by atoms with van der Waals surface area (Å²) in [6.45, 7) is 2.17. The van der Waals surface area contributed by atoms with E-state index in [1.165, 1.54) is 27.8 Å². The molecular formula is C29H27NO2. The minimum atomic E-state index is -0.936. The predicted octanol–water partition coefficient (Wildman–Crippen LogP) is 7.14. The summed E-state index contributed by atoms with van der Waals surface area (Å²) in [4.78, 5) is 11.4. The Kier molecular flexibility index (Phi) is 6.66. The second-order valence-electron chi connectivity index (χ2n) is 7.92. The molecular weight excluding hydrogens is 394 g/mol. The van der Waals surface area contributed by atoms with E-state index in [1.54, 1.807) is 18.2 Å². The first kappa shape index (κ1) is 21.4. The number of rotatable bonds is 8. The standard InChI is InChI=1S/C29H27NO2/c1-2-21-9-15-24(16-10-21)25-17-11-22(12-18-25)7-8-23-13-19-26(20-14-23)30-28-6-4-3-5-27(28)29(31)32/h3-6,9-20,30H,2,7-8H2,1H3,(H,31,32). The van der Waals surface area contributed by atoms with Gasteiger partial charge in [-0.2, -0.15) is 0 Å². The zero-order valence-corrected chi connectivity index (χ0v) is 18.2. The molecule has 0 fully saturated rings. The van der Waals surface area contributed by atoms with Gasteiger partial charge in [-0.25, -0.2) is 4.79 Å². The first-order valence-corrected chi connectivity index (χ1v) is 11.0. The summed E-state index contributed by atoms with van der Waals surface area (Å²) < 4.78 is 0. The second-order valence-corrected chi connectivity index (χ2v) is 7.92. The Morgan fingerprint density at radius 3 is 1.72 bits per heavy atom. The van der Waals surface area contributed by atoms with Crippen molar-refractivity contribution in [3.8, 4) is 11.1 Å². The molecule has 4 aromatic rings. The molecule has 0 radical (unpaired) electrons. The first-order chi connectivity index (χ1) is 15.6. The molecule has 2 N–H and O–H groups in total. The number of nitrogens with one attached hydrogen (secondary N) is 1. The summed E-state index contributed by atoms with van der Waals surface area (Å²) in [6, 6.07) is 32.7. The van der Waals surface area contributed by atoms with Crippen molar-refractivity contribution in [3.05, 3.63) is 119 Å². The van der Waals surface area contributed by atoms with Gasteiger partial charge in [0.15, 0.2) is 0 Å². The van der Waals surface area contributed by atoms with Crippen LogP contribution in [0.3, 0.4) is 0 Å². The minimum Gasteiger partial charge on any atom is -0.478 e. The van der Waals surface area contributed by atoms with Gasteiger partial charge in [0, 0.05) is 5.69 Å². The third kappa shape index (κ3) is 5.25. The summed E-state index contributed by atoms with van der Waals surface area (Å²) in [5.74, 6) is -0.936. The summed E-state index contributed by atoms with van der Waals surface area (Å²) in [6.07, 6.45) is 2.99. The van der Waals surface area contributed by atoms with Crippen LogP contribution in [-0.4, -0.2) is 11.1 Å². The van der Waals surface area contributed by atoms with Gasteiger partial charge in [0.2, 0.25) is 0 Å². The Morgan fingerprint density at radius 1 is 0.688 bits per heavy atom. The van der Waals surface area contributed by atoms with Crippen molar-refractivity contribution in [1.82, 2.24) is 0 Å². The van der Waals surface area contributed by atoms with Gasteiger partial charge >= 0.3 is 5.97 Å². The van der Waals surface area contributed by atoms with E-state index in [9.17, 15) is 9.90 Å². The van der Waals surface area contributed by atoms with E-state index >= 15 is 0 Å². The highest BCUT2D eigenvalue weighted by Gasteiger charge is 2.09. The summed E-state index contributed by atoms with van der Waals surface area (Å²) in [5.41, 5.74) is 8.16. The van der Waals surface area contributed by atoms with Crippen LogP contribution >= 0.6 is 0 Å². The number of carboxylic acids is 1. The monoisotopic (exact) mass is 421 g/mol. The fourth-order valence-electron chi connectivity index (χ4n) is 3.77. The average Bonchev–Trinajstić information content (AvgIpc) is 2.84. The number of hydrogen-bond donors (Lipinski definition) is 2. The molecule has 0 amide bonds. The number of aromatic carboxylic acids is 1. The molecule has 0 aliphatic rings. The minimum absolute atomic E-state index is 0.265. The number of hydrogen-bond acceptors (Lipinski definition) is 2. The van der Waals surface area contributed by atoms with Crippen LogP contribution in [0.25, 0.3) is 11.1 Å². The zero-order chi connectivity index (χ0) is 22.3. The van der Waals surface area contributed by atoms with E-state index in [0.29, 0.717) is 5.69 Å². The summed E-state index contributed by atoms with van der Waals surface area (Å²) >= 11 is 0. The molecule has 0 atom stereocenters. The molecule has 160 valence electrons. The lowest BCUT2D eigenvalue weighted by molar-refractivity contribution is 0.0698. The van der Waals surface area contributed by atoms with E-state index in [1.807, 2.05) is 18.2 Å². The van der Waals surface area contributed by atoms with Crippen molar-refractivity contribution in [2.45, 2.75) is 26.2 Å². The molecule has 0 spiro atoms. The highest BCUT2D eigenvalue weighted by Crippen LogP contribution is 2.23. The molecule has 4 aromatic carbocycles. The van der Waals surface area contributed by atoms with Gasteiger partial charge in [0.05, 0.1) is 11.3 Å². The van der Waals surface area contributed by atoms with E-state index in [-0.39, 0.29) is 5.56 Å². The fourth-order valence-corrected chi connectivity index (χ4v) is 3.77. The molecule has 0 unspecified atom stereocenters. The van der Waals surface area contributed by atoms with Crippen molar-refractivity contribution in [2.75, 3.05) is 5.32 Å². The lowest BCUT2D eigenvalue weighted by Crippen LogP contribution is -2.02. The molecule has 0 saturated carbocycles. The molecule has 0 saturated heterocycles. The molecule has 0 aliphatic carbocycles. The van der Waals surface area contributed by atoms with E-state index in [4.69, 9.17) is 0 Å². The molecule has 32 heavy (non-hydrogen) atoms. The van der Waals surface area contributed by atoms with Crippen LogP contribution < -0.4 is 5.32 Å². The van der Waals surface area contributed by atoms with Crippen molar-refractivity contribution < 1.29 is 9.90 Å². The maximum atomic E-state index is 11.4. The Hall–Kier alpha value is -3.85. The highest BCUT2D eigenvalue weighted by molar-refractivity contribution is 5.95. The average molecular weight is 422 g/mol. The van der Waals surface area contributed by atoms with Crippen molar-refractivity contribution in [2.24, 2.45) is 0 Å². The van der Waals surface area contributed by atoms with Gasteiger partial charge in [0.25, 0.3) is 0 Å².